The van der Waals surface area contributed by atoms with Gasteiger partial charge in [-0.25, -0.2) is 4.79 Å². The Bertz CT molecular complexity index is 350. The third-order valence-electron chi connectivity index (χ3n) is 1.26. The highest BCUT2D eigenvalue weighted by molar-refractivity contribution is 6.04. The van der Waals surface area contributed by atoms with Gasteiger partial charge in [-0.2, -0.15) is 10.2 Å². The maximum atomic E-state index is 11.0. The second-order valence-electron chi connectivity index (χ2n) is 2.28. The molecule has 1 aromatic heterocycles. The van der Waals surface area contributed by atoms with E-state index in [0.29, 0.717) is 5.69 Å². The topological polar surface area (TPSA) is 84.0 Å². The largest absolute Gasteiger partial charge is 0.326 e. The zero-order valence-corrected chi connectivity index (χ0v) is 7.23. The van der Waals surface area contributed by atoms with Crippen LogP contribution in [0.4, 0.5) is 10.5 Å². The molecule has 1 aromatic rings. The van der Waals surface area contributed by atoms with Crippen LogP contribution in [0.5, 0.6) is 0 Å². The van der Waals surface area contributed by atoms with Crippen molar-refractivity contribution in [3.8, 4) is 0 Å². The maximum Gasteiger partial charge on any atom is 0.326 e. The van der Waals surface area contributed by atoms with Crippen molar-refractivity contribution >= 4 is 17.6 Å². The Morgan fingerprint density at radius 2 is 2.21 bits per heavy atom. The zero-order valence-electron chi connectivity index (χ0n) is 7.23. The highest BCUT2D eigenvalue weighted by atomic mass is 16.2. The number of nitrogens with zero attached hydrogens (tertiary/aromatic N) is 2. The number of carbonyl (C=O) groups is 2. The monoisotopic (exact) mass is 192 g/mol. The zero-order chi connectivity index (χ0) is 10.4. The summed E-state index contributed by atoms with van der Waals surface area (Å²) in [5.74, 6) is -0.565. The molecule has 6 nitrogen and oxygen atoms in total. The summed E-state index contributed by atoms with van der Waals surface area (Å²) in [5.41, 5.74) is 0.453. The van der Waals surface area contributed by atoms with Crippen LogP contribution in [-0.4, -0.2) is 22.1 Å². The van der Waals surface area contributed by atoms with Gasteiger partial charge in [0.05, 0.1) is 18.1 Å². The fraction of sp³-hybridized carbons (Fsp3) is 0. The summed E-state index contributed by atoms with van der Waals surface area (Å²) in [4.78, 5) is 21.7. The molecule has 0 spiro atoms. The SMILES string of the molecule is C=CC(=O)NC(=O)Nc1ccnnc1. The summed E-state index contributed by atoms with van der Waals surface area (Å²) >= 11 is 0. The molecule has 0 saturated carbocycles. The summed E-state index contributed by atoms with van der Waals surface area (Å²) in [5, 5.41) is 11.5. The lowest BCUT2D eigenvalue weighted by Crippen LogP contribution is -2.32. The molecule has 0 radical (unpaired) electrons. The molecule has 0 aromatic carbocycles. The van der Waals surface area contributed by atoms with Gasteiger partial charge in [0.15, 0.2) is 0 Å². The Morgan fingerprint density at radius 3 is 2.79 bits per heavy atom. The van der Waals surface area contributed by atoms with Gasteiger partial charge in [0.2, 0.25) is 0 Å². The van der Waals surface area contributed by atoms with Crippen LogP contribution < -0.4 is 10.6 Å². The Labute approximate surface area is 80.0 Å². The van der Waals surface area contributed by atoms with Crippen LogP contribution >= 0.6 is 0 Å². The van der Waals surface area contributed by atoms with Crippen LogP contribution in [0.15, 0.2) is 31.1 Å². The van der Waals surface area contributed by atoms with E-state index in [0.717, 1.165) is 6.08 Å². The van der Waals surface area contributed by atoms with Gasteiger partial charge in [-0.1, -0.05) is 6.58 Å². The van der Waals surface area contributed by atoms with E-state index in [2.05, 4.69) is 22.1 Å². The lowest BCUT2D eigenvalue weighted by Gasteiger charge is -2.02. The first-order valence-corrected chi connectivity index (χ1v) is 3.73. The fourth-order valence-electron chi connectivity index (χ4n) is 0.690. The van der Waals surface area contributed by atoms with Gasteiger partial charge in [-0.05, 0) is 12.1 Å². The minimum Gasteiger partial charge on any atom is -0.306 e. The van der Waals surface area contributed by atoms with E-state index in [1.165, 1.54) is 12.4 Å². The highest BCUT2D eigenvalue weighted by Gasteiger charge is 2.03. The molecule has 0 saturated heterocycles. The molecule has 0 atom stereocenters. The molecule has 0 fully saturated rings. The van der Waals surface area contributed by atoms with E-state index in [-0.39, 0.29) is 0 Å². The second kappa shape index (κ2) is 4.70. The number of nitrogens with one attached hydrogen (secondary N) is 2. The van der Waals surface area contributed by atoms with Crippen molar-refractivity contribution in [3.05, 3.63) is 31.1 Å². The van der Waals surface area contributed by atoms with Crippen molar-refractivity contribution in [1.29, 1.82) is 0 Å². The summed E-state index contributed by atoms with van der Waals surface area (Å²) in [7, 11) is 0. The van der Waals surface area contributed by atoms with Crippen molar-refractivity contribution in [2.75, 3.05) is 5.32 Å². The van der Waals surface area contributed by atoms with E-state index in [4.69, 9.17) is 0 Å². The van der Waals surface area contributed by atoms with Crippen LogP contribution in [0.1, 0.15) is 0 Å². The van der Waals surface area contributed by atoms with Gasteiger partial charge in [0.25, 0.3) is 5.91 Å². The number of amides is 3. The first-order valence-electron chi connectivity index (χ1n) is 3.73. The molecular weight excluding hydrogens is 184 g/mol. The molecule has 2 N–H and O–H groups in total. The molecule has 1 rings (SSSR count). The van der Waals surface area contributed by atoms with Gasteiger partial charge >= 0.3 is 6.03 Å². The minimum absolute atomic E-state index is 0.453. The molecule has 72 valence electrons. The number of urea groups is 1. The van der Waals surface area contributed by atoms with Crippen LogP contribution in [-0.2, 0) is 4.79 Å². The van der Waals surface area contributed by atoms with Crippen LogP contribution in [0.25, 0.3) is 0 Å². The Balaban J connectivity index is 2.50. The predicted molar refractivity (Wildman–Crippen MR) is 49.4 cm³/mol. The normalized spacial score (nSPS) is 8.86. The van der Waals surface area contributed by atoms with Gasteiger partial charge in [0.1, 0.15) is 0 Å². The minimum atomic E-state index is -0.636. The van der Waals surface area contributed by atoms with E-state index in [1.54, 1.807) is 6.07 Å². The third-order valence-corrected chi connectivity index (χ3v) is 1.26. The lowest BCUT2D eigenvalue weighted by molar-refractivity contribution is -0.115. The number of hydrogen-bond donors (Lipinski definition) is 2. The van der Waals surface area contributed by atoms with Gasteiger partial charge < -0.3 is 5.32 Å². The number of imide groups is 1. The van der Waals surface area contributed by atoms with E-state index >= 15 is 0 Å². The average molecular weight is 192 g/mol. The van der Waals surface area contributed by atoms with Crippen LogP contribution in [0.2, 0.25) is 0 Å². The first-order chi connectivity index (χ1) is 6.72. The number of hydrogen-bond acceptors (Lipinski definition) is 4. The molecule has 1 heterocycles. The molecule has 0 aliphatic heterocycles. The van der Waals surface area contributed by atoms with Crippen molar-refractivity contribution in [1.82, 2.24) is 15.5 Å². The molecule has 0 aliphatic rings. The molecule has 6 heteroatoms. The third kappa shape index (κ3) is 3.02. The van der Waals surface area contributed by atoms with Gasteiger partial charge in [-0.15, -0.1) is 0 Å². The van der Waals surface area contributed by atoms with Crippen molar-refractivity contribution in [3.63, 3.8) is 0 Å². The molecular formula is C8H8N4O2. The molecule has 0 unspecified atom stereocenters. The molecule has 0 aliphatic carbocycles. The number of aromatic nitrogens is 2. The first kappa shape index (κ1) is 9.85. The van der Waals surface area contributed by atoms with Crippen LogP contribution in [0.3, 0.4) is 0 Å². The average Bonchev–Trinajstić information content (AvgIpc) is 2.19. The van der Waals surface area contributed by atoms with Crippen molar-refractivity contribution in [2.24, 2.45) is 0 Å². The lowest BCUT2D eigenvalue weighted by atomic mass is 10.5. The Morgan fingerprint density at radius 1 is 1.43 bits per heavy atom. The van der Waals surface area contributed by atoms with E-state index in [1.807, 2.05) is 5.32 Å². The number of rotatable bonds is 2. The Hall–Kier alpha value is -2.24. The molecule has 14 heavy (non-hydrogen) atoms. The highest BCUT2D eigenvalue weighted by Crippen LogP contribution is 1.99. The number of anilines is 1. The molecule has 3 amide bonds. The molecule has 0 bridgehead atoms. The van der Waals surface area contributed by atoms with E-state index in [9.17, 15) is 9.59 Å². The quantitative estimate of drug-likeness (QED) is 0.660. The summed E-state index contributed by atoms with van der Waals surface area (Å²) in [6.07, 6.45) is 3.79. The number of carbonyl (C=O) groups excluding carboxylic acids is 2. The standard InChI is InChI=1S/C8H8N4O2/c1-2-7(13)12-8(14)11-6-3-4-9-10-5-6/h2-5H,1H2,(H2,9,11,12,13,14). The van der Waals surface area contributed by atoms with Crippen LogP contribution in [0, 0.1) is 0 Å². The predicted octanol–water partition coefficient (Wildman–Crippen LogP) is 0.311. The fourth-order valence-corrected chi connectivity index (χ4v) is 0.690. The van der Waals surface area contributed by atoms with Gasteiger partial charge in [0, 0.05) is 0 Å². The summed E-state index contributed by atoms with van der Waals surface area (Å²) in [6, 6.07) is 0.910. The van der Waals surface area contributed by atoms with Gasteiger partial charge in [-0.3, -0.25) is 10.1 Å². The van der Waals surface area contributed by atoms with Crippen molar-refractivity contribution < 1.29 is 9.59 Å². The van der Waals surface area contributed by atoms with E-state index < -0.39 is 11.9 Å². The summed E-state index contributed by atoms with van der Waals surface area (Å²) in [6.45, 7) is 3.21. The summed E-state index contributed by atoms with van der Waals surface area (Å²) < 4.78 is 0. The Kier molecular flexibility index (Phi) is 3.31. The maximum absolute atomic E-state index is 11.0. The second-order valence-corrected chi connectivity index (χ2v) is 2.28. The van der Waals surface area contributed by atoms with Crippen molar-refractivity contribution in [2.45, 2.75) is 0 Å². The smallest absolute Gasteiger partial charge is 0.306 e.